The predicted molar refractivity (Wildman–Crippen MR) is 79.6 cm³/mol. The fraction of sp³-hybridized carbons (Fsp3) is 0.188. The molecule has 2 aromatic carbocycles. The molecule has 3 rings (SSSR count). The number of ether oxygens (including phenoxy) is 1. The van der Waals surface area contributed by atoms with Crippen LogP contribution >= 0.6 is 11.6 Å². The molecule has 114 valence electrons. The van der Waals surface area contributed by atoms with Gasteiger partial charge in [0.2, 0.25) is 5.91 Å². The summed E-state index contributed by atoms with van der Waals surface area (Å²) in [5, 5.41) is 3.33. The van der Waals surface area contributed by atoms with E-state index in [4.69, 9.17) is 11.6 Å². The molecule has 1 atom stereocenters. The van der Waals surface area contributed by atoms with Crippen molar-refractivity contribution in [1.82, 2.24) is 0 Å². The summed E-state index contributed by atoms with van der Waals surface area (Å²) in [6.45, 7) is -2.87. The second-order valence-corrected chi connectivity index (χ2v) is 5.44. The van der Waals surface area contributed by atoms with Crippen LogP contribution in [-0.4, -0.2) is 12.5 Å². The van der Waals surface area contributed by atoms with Crippen molar-refractivity contribution >= 4 is 23.2 Å². The van der Waals surface area contributed by atoms with Gasteiger partial charge in [0.25, 0.3) is 0 Å². The van der Waals surface area contributed by atoms with Crippen molar-refractivity contribution < 1.29 is 18.3 Å². The van der Waals surface area contributed by atoms with E-state index in [1.54, 1.807) is 30.3 Å². The van der Waals surface area contributed by atoms with Crippen molar-refractivity contribution in [1.29, 1.82) is 0 Å². The first-order valence-electron chi connectivity index (χ1n) is 6.67. The molecule has 22 heavy (non-hydrogen) atoms. The average Bonchev–Trinajstić information content (AvgIpc) is 2.74. The number of rotatable bonds is 4. The van der Waals surface area contributed by atoms with Gasteiger partial charge < -0.3 is 10.1 Å². The standard InChI is InChI=1S/C16H12ClF2NO2/c17-10-4-5-12-13(15(21)20-14(12)8-10)7-9-2-1-3-11(6-9)22-16(18)19/h1-6,8,13,16H,7H2,(H,20,21). The van der Waals surface area contributed by atoms with Crippen LogP contribution < -0.4 is 10.1 Å². The number of nitrogens with one attached hydrogen (secondary N) is 1. The number of halogens is 3. The Hall–Kier alpha value is -2.14. The predicted octanol–water partition coefficient (Wildman–Crippen LogP) is 4.22. The summed E-state index contributed by atoms with van der Waals surface area (Å²) in [5.74, 6) is -0.409. The third-order valence-corrected chi connectivity index (χ3v) is 3.76. The summed E-state index contributed by atoms with van der Waals surface area (Å²) in [6, 6.07) is 11.6. The van der Waals surface area contributed by atoms with E-state index in [9.17, 15) is 13.6 Å². The van der Waals surface area contributed by atoms with E-state index in [1.165, 1.54) is 12.1 Å². The van der Waals surface area contributed by atoms with Gasteiger partial charge in [-0.3, -0.25) is 4.79 Å². The Morgan fingerprint density at radius 3 is 2.82 bits per heavy atom. The lowest BCUT2D eigenvalue weighted by Crippen LogP contribution is -2.14. The quantitative estimate of drug-likeness (QED) is 0.915. The van der Waals surface area contributed by atoms with Crippen LogP contribution in [0.4, 0.5) is 14.5 Å². The molecular formula is C16H12ClF2NO2. The Bertz CT molecular complexity index is 721. The van der Waals surface area contributed by atoms with Crippen LogP contribution in [0.1, 0.15) is 17.0 Å². The molecule has 0 bridgehead atoms. The number of carbonyl (C=O) groups excluding carboxylic acids is 1. The molecule has 1 aliphatic rings. The smallest absolute Gasteiger partial charge is 0.387 e. The van der Waals surface area contributed by atoms with Crippen molar-refractivity contribution in [3.8, 4) is 5.75 Å². The molecule has 3 nitrogen and oxygen atoms in total. The van der Waals surface area contributed by atoms with Gasteiger partial charge in [-0.15, -0.1) is 0 Å². The third-order valence-electron chi connectivity index (χ3n) is 3.53. The number of hydrogen-bond acceptors (Lipinski definition) is 2. The van der Waals surface area contributed by atoms with Crippen LogP contribution in [0.15, 0.2) is 42.5 Å². The number of carbonyl (C=O) groups is 1. The van der Waals surface area contributed by atoms with E-state index in [0.717, 1.165) is 11.1 Å². The molecule has 1 aliphatic heterocycles. The summed E-state index contributed by atoms with van der Waals surface area (Å²) in [4.78, 5) is 12.1. The lowest BCUT2D eigenvalue weighted by Gasteiger charge is -2.11. The fourth-order valence-electron chi connectivity index (χ4n) is 2.59. The first-order valence-corrected chi connectivity index (χ1v) is 7.05. The maximum absolute atomic E-state index is 12.3. The first kappa shape index (κ1) is 14.8. The highest BCUT2D eigenvalue weighted by Crippen LogP contribution is 2.36. The van der Waals surface area contributed by atoms with Crippen molar-refractivity contribution in [3.63, 3.8) is 0 Å². The third kappa shape index (κ3) is 3.04. The molecule has 0 radical (unpaired) electrons. The van der Waals surface area contributed by atoms with Gasteiger partial charge in [-0.25, -0.2) is 0 Å². The molecule has 1 N–H and O–H groups in total. The van der Waals surface area contributed by atoms with E-state index in [0.29, 0.717) is 17.1 Å². The van der Waals surface area contributed by atoms with E-state index in [-0.39, 0.29) is 17.6 Å². The number of alkyl halides is 2. The Morgan fingerprint density at radius 2 is 2.05 bits per heavy atom. The molecule has 0 aliphatic carbocycles. The van der Waals surface area contributed by atoms with Gasteiger partial charge in [0.05, 0.1) is 5.92 Å². The summed E-state index contributed by atoms with van der Waals surface area (Å²) < 4.78 is 28.9. The zero-order valence-electron chi connectivity index (χ0n) is 11.4. The molecule has 0 spiro atoms. The second-order valence-electron chi connectivity index (χ2n) is 5.00. The highest BCUT2D eigenvalue weighted by molar-refractivity contribution is 6.31. The van der Waals surface area contributed by atoms with Gasteiger partial charge in [0.15, 0.2) is 0 Å². The van der Waals surface area contributed by atoms with E-state index < -0.39 is 6.61 Å². The number of benzene rings is 2. The van der Waals surface area contributed by atoms with Crippen molar-refractivity contribution in [2.24, 2.45) is 0 Å². The monoisotopic (exact) mass is 323 g/mol. The fourth-order valence-corrected chi connectivity index (χ4v) is 2.76. The van der Waals surface area contributed by atoms with Crippen molar-refractivity contribution in [3.05, 3.63) is 58.6 Å². The van der Waals surface area contributed by atoms with Crippen LogP contribution in [0.25, 0.3) is 0 Å². The molecule has 6 heteroatoms. The van der Waals surface area contributed by atoms with Gasteiger partial charge in [0, 0.05) is 10.7 Å². The Labute approximate surface area is 130 Å². The van der Waals surface area contributed by atoms with Crippen LogP contribution in [0, 0.1) is 0 Å². The molecule has 0 aromatic heterocycles. The minimum atomic E-state index is -2.87. The van der Waals surface area contributed by atoms with E-state index in [2.05, 4.69) is 10.1 Å². The van der Waals surface area contributed by atoms with Gasteiger partial charge in [-0.1, -0.05) is 29.8 Å². The second kappa shape index (κ2) is 5.93. The summed E-state index contributed by atoms with van der Waals surface area (Å²) in [6.07, 6.45) is 0.404. The van der Waals surface area contributed by atoms with Gasteiger partial charge in [-0.05, 0) is 41.8 Å². The number of anilines is 1. The zero-order chi connectivity index (χ0) is 15.7. The average molecular weight is 324 g/mol. The summed E-state index contributed by atoms with van der Waals surface area (Å²) in [7, 11) is 0. The highest BCUT2D eigenvalue weighted by Gasteiger charge is 2.30. The minimum Gasteiger partial charge on any atom is -0.435 e. The molecule has 0 saturated carbocycles. The van der Waals surface area contributed by atoms with Crippen LogP contribution in [0.3, 0.4) is 0 Å². The lowest BCUT2D eigenvalue weighted by molar-refractivity contribution is -0.117. The van der Waals surface area contributed by atoms with Gasteiger partial charge in [0.1, 0.15) is 5.75 Å². The van der Waals surface area contributed by atoms with E-state index >= 15 is 0 Å². The number of fused-ring (bicyclic) bond motifs is 1. The summed E-state index contributed by atoms with van der Waals surface area (Å²) >= 11 is 5.91. The molecule has 1 heterocycles. The van der Waals surface area contributed by atoms with Crippen molar-refractivity contribution in [2.75, 3.05) is 5.32 Å². The maximum Gasteiger partial charge on any atom is 0.387 e. The van der Waals surface area contributed by atoms with Crippen molar-refractivity contribution in [2.45, 2.75) is 19.0 Å². The maximum atomic E-state index is 12.3. The first-order chi connectivity index (χ1) is 10.5. The molecule has 0 saturated heterocycles. The Kier molecular flexibility index (Phi) is 3.98. The normalized spacial score (nSPS) is 16.5. The molecule has 1 unspecified atom stereocenters. The van der Waals surface area contributed by atoms with Crippen LogP contribution in [0.5, 0.6) is 5.75 Å². The Morgan fingerprint density at radius 1 is 1.23 bits per heavy atom. The highest BCUT2D eigenvalue weighted by atomic mass is 35.5. The van der Waals surface area contributed by atoms with Crippen LogP contribution in [0.2, 0.25) is 5.02 Å². The van der Waals surface area contributed by atoms with Gasteiger partial charge >= 0.3 is 6.61 Å². The molecular weight excluding hydrogens is 312 g/mol. The SMILES string of the molecule is O=C1Nc2cc(Cl)ccc2C1Cc1cccc(OC(F)F)c1. The molecule has 1 amide bonds. The Balaban J connectivity index is 1.83. The minimum absolute atomic E-state index is 0.0854. The zero-order valence-corrected chi connectivity index (χ0v) is 12.1. The number of hydrogen-bond donors (Lipinski definition) is 1. The largest absolute Gasteiger partial charge is 0.435 e. The topological polar surface area (TPSA) is 38.3 Å². The summed E-state index contributed by atoms with van der Waals surface area (Å²) in [5.41, 5.74) is 2.30. The molecule has 0 fully saturated rings. The van der Waals surface area contributed by atoms with Crippen LogP contribution in [-0.2, 0) is 11.2 Å². The van der Waals surface area contributed by atoms with Gasteiger partial charge in [-0.2, -0.15) is 8.78 Å². The molecule has 2 aromatic rings. The van der Waals surface area contributed by atoms with E-state index in [1.807, 2.05) is 0 Å². The number of amides is 1. The lowest BCUT2D eigenvalue weighted by atomic mass is 9.93.